The second-order valence-electron chi connectivity index (χ2n) is 3.79. The van der Waals surface area contributed by atoms with Crippen LogP contribution in [0.1, 0.15) is 5.56 Å². The number of aromatic nitrogens is 1. The summed E-state index contributed by atoms with van der Waals surface area (Å²) in [6.07, 6.45) is 3.51. The zero-order valence-electron chi connectivity index (χ0n) is 10.5. The van der Waals surface area contributed by atoms with E-state index in [2.05, 4.69) is 10.3 Å². The Balaban J connectivity index is 2.22. The maximum atomic E-state index is 5.84. The lowest BCUT2D eigenvalue weighted by molar-refractivity contribution is 0.408. The summed E-state index contributed by atoms with van der Waals surface area (Å²) in [7, 11) is 3.53. The molecule has 0 aliphatic carbocycles. The largest absolute Gasteiger partial charge is 0.497 e. The Labute approximate surface area is 107 Å². The van der Waals surface area contributed by atoms with Crippen molar-refractivity contribution in [2.24, 2.45) is 0 Å². The zero-order chi connectivity index (χ0) is 12.8. The summed E-state index contributed by atoms with van der Waals surface area (Å²) < 4.78 is 11.0. The predicted molar refractivity (Wildman–Crippen MR) is 70.1 cm³/mol. The fourth-order valence-corrected chi connectivity index (χ4v) is 1.63. The van der Waals surface area contributed by atoms with Crippen molar-refractivity contribution < 1.29 is 9.47 Å². The second kappa shape index (κ2) is 6.02. The van der Waals surface area contributed by atoms with Gasteiger partial charge in [-0.3, -0.25) is 4.98 Å². The van der Waals surface area contributed by atoms with Gasteiger partial charge in [0.15, 0.2) is 0 Å². The first-order chi connectivity index (χ1) is 8.83. The van der Waals surface area contributed by atoms with Crippen molar-refractivity contribution in [1.29, 1.82) is 0 Å². The van der Waals surface area contributed by atoms with Gasteiger partial charge >= 0.3 is 0 Å². The fourth-order valence-electron chi connectivity index (χ4n) is 1.63. The first kappa shape index (κ1) is 12.4. The van der Waals surface area contributed by atoms with Crippen molar-refractivity contribution in [3.63, 3.8) is 0 Å². The maximum absolute atomic E-state index is 5.84. The summed E-state index contributed by atoms with van der Waals surface area (Å²) in [4.78, 5) is 4.09. The Morgan fingerprint density at radius 3 is 2.83 bits per heavy atom. The molecular weight excluding hydrogens is 228 g/mol. The molecule has 1 aromatic heterocycles. The first-order valence-corrected chi connectivity index (χ1v) is 5.73. The quantitative estimate of drug-likeness (QED) is 0.878. The number of benzene rings is 1. The van der Waals surface area contributed by atoms with E-state index in [0.717, 1.165) is 22.8 Å². The zero-order valence-corrected chi connectivity index (χ0v) is 10.5. The summed E-state index contributed by atoms with van der Waals surface area (Å²) in [5.74, 6) is 2.32. The third kappa shape index (κ3) is 2.99. The molecule has 2 rings (SSSR count). The SMILES string of the molecule is CNCc1cnccc1Oc1cccc(OC)c1. The van der Waals surface area contributed by atoms with Crippen LogP contribution in [0.25, 0.3) is 0 Å². The van der Waals surface area contributed by atoms with Crippen molar-refractivity contribution in [3.05, 3.63) is 48.3 Å². The van der Waals surface area contributed by atoms with E-state index in [9.17, 15) is 0 Å². The molecule has 0 bridgehead atoms. The minimum Gasteiger partial charge on any atom is -0.497 e. The number of methoxy groups -OCH3 is 1. The highest BCUT2D eigenvalue weighted by atomic mass is 16.5. The second-order valence-corrected chi connectivity index (χ2v) is 3.79. The molecule has 0 aliphatic rings. The Bertz CT molecular complexity index is 515. The van der Waals surface area contributed by atoms with Gasteiger partial charge in [-0.25, -0.2) is 0 Å². The van der Waals surface area contributed by atoms with Gasteiger partial charge in [0.1, 0.15) is 17.2 Å². The minimum atomic E-state index is 0.715. The Hall–Kier alpha value is -2.07. The van der Waals surface area contributed by atoms with Crippen LogP contribution < -0.4 is 14.8 Å². The average Bonchev–Trinajstić information content (AvgIpc) is 2.41. The van der Waals surface area contributed by atoms with Gasteiger partial charge in [0.05, 0.1) is 7.11 Å². The highest BCUT2D eigenvalue weighted by molar-refractivity contribution is 5.39. The van der Waals surface area contributed by atoms with E-state index >= 15 is 0 Å². The van der Waals surface area contributed by atoms with Crippen molar-refractivity contribution >= 4 is 0 Å². The molecule has 0 radical (unpaired) electrons. The fraction of sp³-hybridized carbons (Fsp3) is 0.214. The molecule has 4 nitrogen and oxygen atoms in total. The smallest absolute Gasteiger partial charge is 0.134 e. The monoisotopic (exact) mass is 244 g/mol. The van der Waals surface area contributed by atoms with Gasteiger partial charge in [0.2, 0.25) is 0 Å². The summed E-state index contributed by atoms with van der Waals surface area (Å²) in [5, 5.41) is 3.09. The number of rotatable bonds is 5. The van der Waals surface area contributed by atoms with Crippen LogP contribution in [-0.2, 0) is 6.54 Å². The normalized spacial score (nSPS) is 10.1. The maximum Gasteiger partial charge on any atom is 0.134 e. The molecule has 0 aliphatic heterocycles. The molecule has 0 spiro atoms. The molecule has 94 valence electrons. The lowest BCUT2D eigenvalue weighted by Crippen LogP contribution is -2.06. The van der Waals surface area contributed by atoms with Crippen molar-refractivity contribution in [3.8, 4) is 17.2 Å². The van der Waals surface area contributed by atoms with Gasteiger partial charge in [-0.1, -0.05) is 6.07 Å². The van der Waals surface area contributed by atoms with Gasteiger partial charge in [0, 0.05) is 30.6 Å². The van der Waals surface area contributed by atoms with Crippen LogP contribution in [0.5, 0.6) is 17.2 Å². The standard InChI is InChI=1S/C14H16N2O2/c1-15-9-11-10-16-7-6-14(11)18-13-5-3-4-12(8-13)17-2/h3-8,10,15H,9H2,1-2H3. The van der Waals surface area contributed by atoms with Crippen LogP contribution in [0.15, 0.2) is 42.7 Å². The molecule has 1 N–H and O–H groups in total. The lowest BCUT2D eigenvalue weighted by atomic mass is 10.2. The van der Waals surface area contributed by atoms with Gasteiger partial charge in [-0.15, -0.1) is 0 Å². The molecule has 0 fully saturated rings. The molecule has 0 amide bonds. The molecule has 4 heteroatoms. The van der Waals surface area contributed by atoms with E-state index in [0.29, 0.717) is 6.54 Å². The van der Waals surface area contributed by atoms with E-state index in [1.54, 1.807) is 19.5 Å². The van der Waals surface area contributed by atoms with Crippen LogP contribution in [-0.4, -0.2) is 19.1 Å². The molecular formula is C14H16N2O2. The van der Waals surface area contributed by atoms with Gasteiger partial charge in [-0.2, -0.15) is 0 Å². The molecule has 0 atom stereocenters. The number of hydrogen-bond donors (Lipinski definition) is 1. The van der Waals surface area contributed by atoms with E-state index in [4.69, 9.17) is 9.47 Å². The summed E-state index contributed by atoms with van der Waals surface area (Å²) >= 11 is 0. The number of nitrogens with one attached hydrogen (secondary N) is 1. The third-order valence-electron chi connectivity index (χ3n) is 2.50. The van der Waals surface area contributed by atoms with Crippen LogP contribution in [0.3, 0.4) is 0 Å². The Kier molecular flexibility index (Phi) is 4.15. The molecule has 18 heavy (non-hydrogen) atoms. The topological polar surface area (TPSA) is 43.4 Å². The van der Waals surface area contributed by atoms with E-state index < -0.39 is 0 Å². The van der Waals surface area contributed by atoms with E-state index in [1.165, 1.54) is 0 Å². The van der Waals surface area contributed by atoms with E-state index in [-0.39, 0.29) is 0 Å². The number of pyridine rings is 1. The number of ether oxygens (including phenoxy) is 2. The Morgan fingerprint density at radius 2 is 2.06 bits per heavy atom. The van der Waals surface area contributed by atoms with Crippen LogP contribution >= 0.6 is 0 Å². The molecule has 2 aromatic rings. The molecule has 1 heterocycles. The summed E-state index contributed by atoms with van der Waals surface area (Å²) in [6.45, 7) is 0.715. The molecule has 1 aromatic carbocycles. The summed E-state index contributed by atoms with van der Waals surface area (Å²) in [6, 6.07) is 9.38. The third-order valence-corrected chi connectivity index (χ3v) is 2.50. The van der Waals surface area contributed by atoms with Crippen molar-refractivity contribution in [1.82, 2.24) is 10.3 Å². The van der Waals surface area contributed by atoms with Crippen LogP contribution in [0.4, 0.5) is 0 Å². The van der Waals surface area contributed by atoms with Gasteiger partial charge < -0.3 is 14.8 Å². The summed E-state index contributed by atoms with van der Waals surface area (Å²) in [5.41, 5.74) is 1.02. The van der Waals surface area contributed by atoms with Gasteiger partial charge in [-0.05, 0) is 25.2 Å². The van der Waals surface area contributed by atoms with Crippen LogP contribution in [0, 0.1) is 0 Å². The average molecular weight is 244 g/mol. The molecule has 0 saturated carbocycles. The first-order valence-electron chi connectivity index (χ1n) is 5.73. The lowest BCUT2D eigenvalue weighted by Gasteiger charge is -2.11. The number of hydrogen-bond acceptors (Lipinski definition) is 4. The van der Waals surface area contributed by atoms with Crippen LogP contribution in [0.2, 0.25) is 0 Å². The van der Waals surface area contributed by atoms with Crippen molar-refractivity contribution in [2.45, 2.75) is 6.54 Å². The van der Waals surface area contributed by atoms with Gasteiger partial charge in [0.25, 0.3) is 0 Å². The Morgan fingerprint density at radius 1 is 1.22 bits per heavy atom. The highest BCUT2D eigenvalue weighted by Gasteiger charge is 2.04. The predicted octanol–water partition coefficient (Wildman–Crippen LogP) is 2.60. The highest BCUT2D eigenvalue weighted by Crippen LogP contribution is 2.27. The minimum absolute atomic E-state index is 0.715. The molecule has 0 unspecified atom stereocenters. The van der Waals surface area contributed by atoms with Crippen molar-refractivity contribution in [2.75, 3.05) is 14.2 Å². The number of nitrogens with zero attached hydrogens (tertiary/aromatic N) is 1. The van der Waals surface area contributed by atoms with E-state index in [1.807, 2.05) is 37.4 Å². The molecule has 0 saturated heterocycles.